The van der Waals surface area contributed by atoms with Gasteiger partial charge in [0.15, 0.2) is 0 Å². The van der Waals surface area contributed by atoms with Gasteiger partial charge in [0.1, 0.15) is 11.6 Å². The maximum Gasteiger partial charge on any atom is 0.223 e. The Bertz CT molecular complexity index is 818. The van der Waals surface area contributed by atoms with Crippen molar-refractivity contribution in [3.05, 3.63) is 42.0 Å². The first kappa shape index (κ1) is 18.8. The number of hydrogen-bond donors (Lipinski definition) is 1. The summed E-state index contributed by atoms with van der Waals surface area (Å²) in [6.07, 6.45) is 14.2. The minimum Gasteiger partial charge on any atom is -0.334 e. The van der Waals surface area contributed by atoms with Crippen LogP contribution in [0.25, 0.3) is 0 Å². The van der Waals surface area contributed by atoms with E-state index in [1.54, 1.807) is 18.6 Å². The Balaban J connectivity index is 1.46. The molecule has 6 nitrogen and oxygen atoms in total. The van der Waals surface area contributed by atoms with E-state index in [9.17, 15) is 4.79 Å². The molecule has 1 N–H and O–H groups in total. The number of aromatic nitrogens is 3. The van der Waals surface area contributed by atoms with E-state index in [2.05, 4.69) is 15.3 Å². The number of hydrogen-bond acceptors (Lipinski definition) is 5. The average molecular weight is 380 g/mol. The molecule has 2 aromatic heterocycles. The fraction of sp³-hybridized carbons (Fsp3) is 0.545. The van der Waals surface area contributed by atoms with Crippen molar-refractivity contribution in [3.63, 3.8) is 0 Å². The van der Waals surface area contributed by atoms with E-state index in [4.69, 9.17) is 4.98 Å². The van der Waals surface area contributed by atoms with Crippen LogP contribution in [0, 0.1) is 12.8 Å². The predicted octanol–water partition coefficient (Wildman–Crippen LogP) is 4.56. The molecule has 1 amide bonds. The van der Waals surface area contributed by atoms with Crippen LogP contribution in [0.2, 0.25) is 0 Å². The topological polar surface area (TPSA) is 71.0 Å². The normalized spacial score (nSPS) is 20.3. The lowest BCUT2D eigenvalue weighted by Gasteiger charge is -2.28. The molecule has 2 aliphatic rings. The Kier molecular flexibility index (Phi) is 5.84. The Morgan fingerprint density at radius 2 is 2.04 bits per heavy atom. The fourth-order valence-electron chi connectivity index (χ4n) is 4.47. The van der Waals surface area contributed by atoms with Crippen LogP contribution in [0.3, 0.4) is 0 Å². The number of rotatable bonds is 5. The highest BCUT2D eigenvalue weighted by molar-refractivity contribution is 5.77. The molecule has 4 rings (SSSR count). The second kappa shape index (κ2) is 8.67. The number of likely N-dealkylation sites (tertiary alicyclic amines) is 1. The molecule has 0 radical (unpaired) electrons. The van der Waals surface area contributed by atoms with Gasteiger partial charge in [0.2, 0.25) is 5.91 Å². The number of nitrogens with zero attached hydrogens (tertiary/aromatic N) is 4. The van der Waals surface area contributed by atoms with E-state index >= 15 is 0 Å². The standard InChI is InChI=1S/C22H29N5O/c1-16-7-5-11-24-22(16)26-20-15-23-14-18(25-20)19-10-6-12-27(19)21(28)13-17-8-3-2-4-9-17/h5,7,11,14-15,17,19H,2-4,6,8-10,12-13H2,1H3,(H,24,25,26). The van der Waals surface area contributed by atoms with E-state index in [0.29, 0.717) is 18.2 Å². The molecule has 1 atom stereocenters. The molecular weight excluding hydrogens is 350 g/mol. The van der Waals surface area contributed by atoms with Crippen molar-refractivity contribution in [3.8, 4) is 0 Å². The van der Waals surface area contributed by atoms with Gasteiger partial charge in [-0.25, -0.2) is 9.97 Å². The lowest BCUT2D eigenvalue weighted by atomic mass is 9.86. The van der Waals surface area contributed by atoms with Crippen LogP contribution in [-0.4, -0.2) is 32.3 Å². The van der Waals surface area contributed by atoms with Crippen molar-refractivity contribution in [2.75, 3.05) is 11.9 Å². The summed E-state index contributed by atoms with van der Waals surface area (Å²) < 4.78 is 0. The highest BCUT2D eigenvalue weighted by Gasteiger charge is 2.32. The molecule has 6 heteroatoms. The van der Waals surface area contributed by atoms with E-state index in [-0.39, 0.29) is 11.9 Å². The summed E-state index contributed by atoms with van der Waals surface area (Å²) >= 11 is 0. The summed E-state index contributed by atoms with van der Waals surface area (Å²) in [7, 11) is 0. The lowest BCUT2D eigenvalue weighted by molar-refractivity contribution is -0.133. The largest absolute Gasteiger partial charge is 0.334 e. The molecule has 0 spiro atoms. The molecule has 1 saturated heterocycles. The predicted molar refractivity (Wildman–Crippen MR) is 109 cm³/mol. The van der Waals surface area contributed by atoms with E-state index in [1.165, 1.54) is 32.1 Å². The highest BCUT2D eigenvalue weighted by atomic mass is 16.2. The van der Waals surface area contributed by atoms with Gasteiger partial charge in [-0.15, -0.1) is 0 Å². The van der Waals surface area contributed by atoms with Crippen molar-refractivity contribution in [2.45, 2.75) is 64.3 Å². The zero-order valence-corrected chi connectivity index (χ0v) is 16.6. The summed E-state index contributed by atoms with van der Waals surface area (Å²) in [5, 5.41) is 3.26. The van der Waals surface area contributed by atoms with Crippen LogP contribution >= 0.6 is 0 Å². The maximum atomic E-state index is 13.0. The summed E-state index contributed by atoms with van der Waals surface area (Å²) in [5.41, 5.74) is 1.92. The number of carbonyl (C=O) groups excluding carboxylic acids is 1. The van der Waals surface area contributed by atoms with Crippen molar-refractivity contribution >= 4 is 17.5 Å². The summed E-state index contributed by atoms with van der Waals surface area (Å²) in [4.78, 5) is 28.5. The number of anilines is 2. The van der Waals surface area contributed by atoms with Crippen molar-refractivity contribution < 1.29 is 4.79 Å². The van der Waals surface area contributed by atoms with Crippen LogP contribution in [0.15, 0.2) is 30.7 Å². The smallest absolute Gasteiger partial charge is 0.223 e. The van der Waals surface area contributed by atoms with Gasteiger partial charge in [0, 0.05) is 19.2 Å². The Morgan fingerprint density at radius 1 is 1.18 bits per heavy atom. The second-order valence-corrected chi connectivity index (χ2v) is 8.08. The molecule has 148 valence electrons. The Morgan fingerprint density at radius 3 is 2.86 bits per heavy atom. The molecule has 1 saturated carbocycles. The quantitative estimate of drug-likeness (QED) is 0.825. The third-order valence-electron chi connectivity index (χ3n) is 6.01. The summed E-state index contributed by atoms with van der Waals surface area (Å²) in [6.45, 7) is 2.84. The lowest BCUT2D eigenvalue weighted by Crippen LogP contribution is -2.32. The maximum absolute atomic E-state index is 13.0. The monoisotopic (exact) mass is 379 g/mol. The third kappa shape index (κ3) is 4.32. The van der Waals surface area contributed by atoms with E-state index in [1.807, 2.05) is 24.0 Å². The van der Waals surface area contributed by atoms with E-state index < -0.39 is 0 Å². The van der Waals surface area contributed by atoms with Crippen molar-refractivity contribution in [2.24, 2.45) is 5.92 Å². The van der Waals surface area contributed by atoms with Gasteiger partial charge in [-0.2, -0.15) is 0 Å². The summed E-state index contributed by atoms with van der Waals surface area (Å²) in [5.74, 6) is 2.31. The minimum absolute atomic E-state index is 0.0372. The SMILES string of the molecule is Cc1cccnc1Nc1cncc(C2CCCN2C(=O)CC2CCCCC2)n1. The van der Waals surface area contributed by atoms with Crippen LogP contribution in [0.4, 0.5) is 11.6 Å². The second-order valence-electron chi connectivity index (χ2n) is 8.08. The number of carbonyl (C=O) groups is 1. The third-order valence-corrected chi connectivity index (χ3v) is 6.01. The molecule has 3 heterocycles. The number of aryl methyl sites for hydroxylation is 1. The molecule has 1 unspecified atom stereocenters. The van der Waals surface area contributed by atoms with Gasteiger partial charge in [-0.1, -0.05) is 25.3 Å². The first-order chi connectivity index (χ1) is 13.7. The number of pyridine rings is 1. The number of nitrogens with one attached hydrogen (secondary N) is 1. The molecule has 1 aliphatic carbocycles. The van der Waals surface area contributed by atoms with Gasteiger partial charge in [-0.05, 0) is 50.2 Å². The zero-order valence-electron chi connectivity index (χ0n) is 16.6. The average Bonchev–Trinajstić information content (AvgIpc) is 3.21. The zero-order chi connectivity index (χ0) is 19.3. The fourth-order valence-corrected chi connectivity index (χ4v) is 4.47. The molecule has 1 aliphatic heterocycles. The molecule has 0 aromatic carbocycles. The van der Waals surface area contributed by atoms with Gasteiger partial charge in [-0.3, -0.25) is 9.78 Å². The minimum atomic E-state index is 0.0372. The van der Waals surface area contributed by atoms with Crippen LogP contribution in [-0.2, 0) is 4.79 Å². The first-order valence-corrected chi connectivity index (χ1v) is 10.5. The summed E-state index contributed by atoms with van der Waals surface area (Å²) in [6, 6.07) is 3.96. The van der Waals surface area contributed by atoms with Crippen molar-refractivity contribution in [1.29, 1.82) is 0 Å². The first-order valence-electron chi connectivity index (χ1n) is 10.5. The van der Waals surface area contributed by atoms with Crippen LogP contribution in [0.1, 0.15) is 68.7 Å². The molecule has 2 fully saturated rings. The molecule has 2 aromatic rings. The van der Waals surface area contributed by atoms with Gasteiger partial charge >= 0.3 is 0 Å². The van der Waals surface area contributed by atoms with Gasteiger partial charge in [0.25, 0.3) is 0 Å². The molecule has 28 heavy (non-hydrogen) atoms. The van der Waals surface area contributed by atoms with Crippen LogP contribution in [0.5, 0.6) is 0 Å². The van der Waals surface area contributed by atoms with E-state index in [0.717, 1.165) is 36.5 Å². The Hall–Kier alpha value is -2.50. The Labute approximate surface area is 166 Å². The molecular formula is C22H29N5O. The van der Waals surface area contributed by atoms with Gasteiger partial charge in [0.05, 0.1) is 24.1 Å². The highest BCUT2D eigenvalue weighted by Crippen LogP contribution is 2.34. The van der Waals surface area contributed by atoms with Crippen LogP contribution < -0.4 is 5.32 Å². The van der Waals surface area contributed by atoms with Crippen molar-refractivity contribution in [1.82, 2.24) is 19.9 Å². The van der Waals surface area contributed by atoms with Gasteiger partial charge < -0.3 is 10.2 Å². The number of amides is 1. The molecule has 0 bridgehead atoms.